The molecule has 0 atom stereocenters. The largest absolute Gasteiger partial charge is 0.496 e. The van der Waals surface area contributed by atoms with Gasteiger partial charge in [0.1, 0.15) is 6.07 Å². The minimum absolute atomic E-state index is 0.0295. The molecule has 1 heterocycles. The zero-order valence-corrected chi connectivity index (χ0v) is 12.3. The molecule has 0 radical (unpaired) electrons. The minimum Gasteiger partial charge on any atom is -0.494 e. The summed E-state index contributed by atoms with van der Waals surface area (Å²) >= 11 is 0. The van der Waals surface area contributed by atoms with Gasteiger partial charge in [-0.05, 0) is 33.8 Å². The van der Waals surface area contributed by atoms with Crippen LogP contribution in [0.4, 0.5) is 4.39 Å². The van der Waals surface area contributed by atoms with E-state index in [1.54, 1.807) is 6.07 Å². The van der Waals surface area contributed by atoms with Gasteiger partial charge in [0.25, 0.3) is 0 Å². The fraction of sp³-hybridized carbons (Fsp3) is 0.500. The molecule has 1 aromatic rings. The summed E-state index contributed by atoms with van der Waals surface area (Å²) in [7, 11) is 0.587. The second-order valence-corrected chi connectivity index (χ2v) is 5.75. The second-order valence-electron chi connectivity index (χ2n) is 5.75. The van der Waals surface area contributed by atoms with E-state index in [-0.39, 0.29) is 11.3 Å². The smallest absolute Gasteiger partial charge is 0.494 e. The molecule has 1 saturated heterocycles. The Labute approximate surface area is 118 Å². The number of nitrogens with zero attached hydrogens (tertiary/aromatic N) is 1. The van der Waals surface area contributed by atoms with E-state index in [4.69, 9.17) is 14.0 Å². The van der Waals surface area contributed by atoms with Crippen molar-refractivity contribution >= 4 is 12.6 Å². The van der Waals surface area contributed by atoms with Crippen LogP contribution in [0.25, 0.3) is 0 Å². The fourth-order valence-corrected chi connectivity index (χ4v) is 2.01. The molecule has 1 fully saturated rings. The standard InChI is InChI=1S/C14H17BFNO3/c1-13(2)14(3,4)20-15(19-13)10-6-7-11(18-5)12(16)9(10)8-17/h6-7H,1-5H3. The summed E-state index contributed by atoms with van der Waals surface area (Å²) in [6.07, 6.45) is 0. The molecule has 0 amide bonds. The molecule has 6 heteroatoms. The van der Waals surface area contributed by atoms with E-state index in [2.05, 4.69) is 0 Å². The van der Waals surface area contributed by atoms with Gasteiger partial charge in [0.15, 0.2) is 11.6 Å². The molecule has 4 nitrogen and oxygen atoms in total. The van der Waals surface area contributed by atoms with E-state index in [0.29, 0.717) is 5.46 Å². The zero-order chi connectivity index (χ0) is 15.1. The monoisotopic (exact) mass is 277 g/mol. The average molecular weight is 277 g/mol. The zero-order valence-electron chi connectivity index (χ0n) is 12.3. The maximum Gasteiger partial charge on any atom is 0.496 e. The normalized spacial score (nSPS) is 19.8. The van der Waals surface area contributed by atoms with E-state index >= 15 is 0 Å². The van der Waals surface area contributed by atoms with Crippen molar-refractivity contribution in [1.82, 2.24) is 0 Å². The molecule has 2 rings (SSSR count). The Hall–Kier alpha value is -1.58. The van der Waals surface area contributed by atoms with Crippen LogP contribution in [0.1, 0.15) is 33.3 Å². The highest BCUT2D eigenvalue weighted by Crippen LogP contribution is 2.37. The Kier molecular flexibility index (Phi) is 3.53. The Balaban J connectivity index is 2.46. The lowest BCUT2D eigenvalue weighted by molar-refractivity contribution is 0.00578. The molecular formula is C14H17BFNO3. The molecule has 0 aliphatic carbocycles. The van der Waals surface area contributed by atoms with Crippen molar-refractivity contribution < 1.29 is 18.4 Å². The average Bonchev–Trinajstić information content (AvgIpc) is 2.58. The molecule has 0 spiro atoms. The van der Waals surface area contributed by atoms with Crippen LogP contribution < -0.4 is 10.2 Å². The molecule has 1 aliphatic heterocycles. The summed E-state index contributed by atoms with van der Waals surface area (Å²) in [5.74, 6) is -0.663. The summed E-state index contributed by atoms with van der Waals surface area (Å²) in [4.78, 5) is 0. The number of halogens is 1. The van der Waals surface area contributed by atoms with E-state index < -0.39 is 24.1 Å². The van der Waals surface area contributed by atoms with Gasteiger partial charge in [-0.1, -0.05) is 6.07 Å². The Bertz CT molecular complexity index is 565. The molecule has 1 aromatic carbocycles. The molecular weight excluding hydrogens is 260 g/mol. The van der Waals surface area contributed by atoms with E-state index in [9.17, 15) is 9.65 Å². The van der Waals surface area contributed by atoms with Crippen LogP contribution in [-0.4, -0.2) is 25.4 Å². The van der Waals surface area contributed by atoms with Gasteiger partial charge in [0.2, 0.25) is 0 Å². The first-order valence-electron chi connectivity index (χ1n) is 6.35. The van der Waals surface area contributed by atoms with Crippen LogP contribution in [0.2, 0.25) is 0 Å². The lowest BCUT2D eigenvalue weighted by Crippen LogP contribution is -2.41. The predicted octanol–water partition coefficient (Wildman–Crippen LogP) is 2.01. The predicted molar refractivity (Wildman–Crippen MR) is 73.4 cm³/mol. The van der Waals surface area contributed by atoms with Crippen LogP contribution in [0, 0.1) is 17.1 Å². The summed E-state index contributed by atoms with van der Waals surface area (Å²) in [6, 6.07) is 4.92. The maximum atomic E-state index is 14.1. The summed E-state index contributed by atoms with van der Waals surface area (Å²) in [5.41, 5.74) is -0.811. The van der Waals surface area contributed by atoms with Crippen LogP contribution in [0.15, 0.2) is 12.1 Å². The Morgan fingerprint density at radius 1 is 1.20 bits per heavy atom. The summed E-state index contributed by atoms with van der Waals surface area (Å²) in [6.45, 7) is 7.61. The highest BCUT2D eigenvalue weighted by molar-refractivity contribution is 6.62. The molecule has 0 bridgehead atoms. The number of nitriles is 1. The maximum absolute atomic E-state index is 14.1. The quantitative estimate of drug-likeness (QED) is 0.776. The van der Waals surface area contributed by atoms with Crippen molar-refractivity contribution in [3.8, 4) is 11.8 Å². The lowest BCUT2D eigenvalue weighted by atomic mass is 9.76. The molecule has 0 unspecified atom stereocenters. The second kappa shape index (κ2) is 4.76. The topological polar surface area (TPSA) is 51.5 Å². The van der Waals surface area contributed by atoms with Gasteiger partial charge in [-0.3, -0.25) is 0 Å². The first kappa shape index (κ1) is 14.8. The van der Waals surface area contributed by atoms with Gasteiger partial charge >= 0.3 is 7.12 Å². The van der Waals surface area contributed by atoms with Gasteiger partial charge in [-0.25, -0.2) is 4.39 Å². The van der Waals surface area contributed by atoms with Gasteiger partial charge in [-0.15, -0.1) is 0 Å². The van der Waals surface area contributed by atoms with E-state index in [1.165, 1.54) is 13.2 Å². The van der Waals surface area contributed by atoms with Crippen molar-refractivity contribution in [1.29, 1.82) is 5.26 Å². The number of ether oxygens (including phenoxy) is 1. The van der Waals surface area contributed by atoms with Gasteiger partial charge in [0, 0.05) is 5.46 Å². The van der Waals surface area contributed by atoms with Gasteiger partial charge in [0.05, 0.1) is 23.9 Å². The third-order valence-corrected chi connectivity index (χ3v) is 3.98. The van der Waals surface area contributed by atoms with Crippen molar-refractivity contribution in [2.45, 2.75) is 38.9 Å². The third kappa shape index (κ3) is 2.17. The SMILES string of the molecule is COc1ccc(B2OC(C)(C)C(C)(C)O2)c(C#N)c1F. The Morgan fingerprint density at radius 2 is 1.75 bits per heavy atom. The van der Waals surface area contributed by atoms with Crippen LogP contribution in [0.5, 0.6) is 5.75 Å². The summed E-state index contributed by atoms with van der Waals surface area (Å²) in [5, 5.41) is 9.18. The number of hydrogen-bond acceptors (Lipinski definition) is 4. The Morgan fingerprint density at radius 3 is 2.20 bits per heavy atom. The molecule has 20 heavy (non-hydrogen) atoms. The highest BCUT2D eigenvalue weighted by atomic mass is 19.1. The lowest BCUT2D eigenvalue weighted by Gasteiger charge is -2.32. The van der Waals surface area contributed by atoms with Crippen molar-refractivity contribution in [3.05, 3.63) is 23.5 Å². The first-order valence-corrected chi connectivity index (χ1v) is 6.35. The molecule has 0 N–H and O–H groups in total. The van der Waals surface area contributed by atoms with Gasteiger partial charge < -0.3 is 14.0 Å². The minimum atomic E-state index is -0.768. The molecule has 1 aliphatic rings. The molecule has 0 saturated carbocycles. The number of rotatable bonds is 2. The number of hydrogen-bond donors (Lipinski definition) is 0. The highest BCUT2D eigenvalue weighted by Gasteiger charge is 2.52. The van der Waals surface area contributed by atoms with Crippen molar-refractivity contribution in [2.75, 3.05) is 7.11 Å². The van der Waals surface area contributed by atoms with Gasteiger partial charge in [-0.2, -0.15) is 5.26 Å². The van der Waals surface area contributed by atoms with Crippen LogP contribution in [-0.2, 0) is 9.31 Å². The van der Waals surface area contributed by atoms with E-state index in [1.807, 2.05) is 33.8 Å². The fourth-order valence-electron chi connectivity index (χ4n) is 2.01. The first-order chi connectivity index (χ1) is 9.23. The van der Waals surface area contributed by atoms with Crippen LogP contribution >= 0.6 is 0 Å². The molecule has 0 aromatic heterocycles. The third-order valence-electron chi connectivity index (χ3n) is 3.98. The van der Waals surface area contributed by atoms with Crippen LogP contribution in [0.3, 0.4) is 0 Å². The van der Waals surface area contributed by atoms with Crippen molar-refractivity contribution in [2.24, 2.45) is 0 Å². The van der Waals surface area contributed by atoms with Crippen molar-refractivity contribution in [3.63, 3.8) is 0 Å². The van der Waals surface area contributed by atoms with E-state index in [0.717, 1.165) is 0 Å². The number of benzene rings is 1. The summed E-state index contributed by atoms with van der Waals surface area (Å²) < 4.78 is 30.7. The number of methoxy groups -OCH3 is 1. The molecule has 106 valence electrons.